The number of carbonyl (C=O) groups is 1. The van der Waals surface area contributed by atoms with Crippen LogP contribution in [-0.4, -0.2) is 38.0 Å². The number of nitrogen functional groups attached to an aromatic ring is 1. The van der Waals surface area contributed by atoms with Crippen molar-refractivity contribution in [2.75, 3.05) is 18.1 Å². The van der Waals surface area contributed by atoms with Crippen molar-refractivity contribution in [2.45, 2.75) is 18.6 Å². The summed E-state index contributed by atoms with van der Waals surface area (Å²) in [6.07, 6.45) is 0. The van der Waals surface area contributed by atoms with Gasteiger partial charge in [0.05, 0.1) is 5.75 Å². The monoisotopic (exact) mass is 385 g/mol. The van der Waals surface area contributed by atoms with Gasteiger partial charge in [-0.25, -0.2) is 9.07 Å². The van der Waals surface area contributed by atoms with E-state index >= 15 is 0 Å². The Kier molecular flexibility index (Phi) is 6.08. The highest BCUT2D eigenvalue weighted by Gasteiger charge is 2.17. The van der Waals surface area contributed by atoms with E-state index in [4.69, 9.17) is 5.84 Å². The van der Waals surface area contributed by atoms with Crippen molar-refractivity contribution in [3.8, 4) is 11.4 Å². The van der Waals surface area contributed by atoms with E-state index in [0.29, 0.717) is 29.6 Å². The Morgan fingerprint density at radius 1 is 1.15 bits per heavy atom. The molecule has 8 heteroatoms. The van der Waals surface area contributed by atoms with E-state index in [1.807, 2.05) is 37.3 Å². The summed E-state index contributed by atoms with van der Waals surface area (Å²) in [5.41, 5.74) is 1.74. The third kappa shape index (κ3) is 4.65. The average Bonchev–Trinajstić information content (AvgIpc) is 3.06. The Morgan fingerprint density at radius 3 is 2.52 bits per heavy atom. The fourth-order valence-electron chi connectivity index (χ4n) is 2.57. The van der Waals surface area contributed by atoms with Crippen LogP contribution in [0, 0.1) is 5.82 Å². The zero-order chi connectivity index (χ0) is 19.2. The minimum absolute atomic E-state index is 0.00214. The van der Waals surface area contributed by atoms with E-state index in [1.54, 1.807) is 17.0 Å². The number of hydrogen-bond donors (Lipinski definition) is 1. The van der Waals surface area contributed by atoms with E-state index in [-0.39, 0.29) is 17.5 Å². The van der Waals surface area contributed by atoms with Crippen LogP contribution in [0.4, 0.5) is 4.39 Å². The highest BCUT2D eigenvalue weighted by atomic mass is 32.2. The fraction of sp³-hybridized carbons (Fsp3) is 0.211. The van der Waals surface area contributed by atoms with Crippen molar-refractivity contribution in [3.05, 3.63) is 66.0 Å². The standard InChI is InChI=1S/C19H20FN5OS/c1-2-24(12-14-6-4-3-5-7-14)17(26)13-27-19-23-22-18(25(19)21)15-8-10-16(20)11-9-15/h3-11H,2,12-13,21H2,1H3. The molecule has 0 atom stereocenters. The second-order valence-electron chi connectivity index (χ2n) is 5.87. The molecule has 0 aliphatic rings. The third-order valence-corrected chi connectivity index (χ3v) is 4.97. The number of halogens is 1. The highest BCUT2D eigenvalue weighted by Crippen LogP contribution is 2.22. The lowest BCUT2D eigenvalue weighted by Crippen LogP contribution is -2.31. The number of rotatable bonds is 7. The molecule has 6 nitrogen and oxygen atoms in total. The summed E-state index contributed by atoms with van der Waals surface area (Å²) in [6.45, 7) is 3.13. The van der Waals surface area contributed by atoms with Crippen molar-refractivity contribution >= 4 is 17.7 Å². The van der Waals surface area contributed by atoms with Gasteiger partial charge in [0.2, 0.25) is 11.1 Å². The van der Waals surface area contributed by atoms with Gasteiger partial charge in [0.25, 0.3) is 0 Å². The van der Waals surface area contributed by atoms with Crippen molar-refractivity contribution < 1.29 is 9.18 Å². The van der Waals surface area contributed by atoms with Gasteiger partial charge in [-0.2, -0.15) is 0 Å². The summed E-state index contributed by atoms with van der Waals surface area (Å²) in [6, 6.07) is 15.7. The van der Waals surface area contributed by atoms with Gasteiger partial charge in [-0.3, -0.25) is 4.79 Å². The quantitative estimate of drug-likeness (QED) is 0.500. The molecule has 0 saturated carbocycles. The summed E-state index contributed by atoms with van der Waals surface area (Å²) >= 11 is 1.23. The van der Waals surface area contributed by atoms with Gasteiger partial charge >= 0.3 is 0 Å². The molecule has 0 spiro atoms. The van der Waals surface area contributed by atoms with Crippen LogP contribution in [0.5, 0.6) is 0 Å². The lowest BCUT2D eigenvalue weighted by molar-refractivity contribution is -0.128. The van der Waals surface area contributed by atoms with Crippen LogP contribution in [0.1, 0.15) is 12.5 Å². The molecule has 0 saturated heterocycles. The van der Waals surface area contributed by atoms with Crippen LogP contribution in [0.25, 0.3) is 11.4 Å². The molecular weight excluding hydrogens is 365 g/mol. The molecule has 1 heterocycles. The number of thioether (sulfide) groups is 1. The predicted molar refractivity (Wildman–Crippen MR) is 104 cm³/mol. The Bertz CT molecular complexity index is 898. The fourth-order valence-corrected chi connectivity index (χ4v) is 3.33. The van der Waals surface area contributed by atoms with Crippen LogP contribution >= 0.6 is 11.8 Å². The molecule has 140 valence electrons. The second kappa shape index (κ2) is 8.68. The maximum atomic E-state index is 13.1. The van der Waals surface area contributed by atoms with E-state index in [0.717, 1.165) is 5.56 Å². The summed E-state index contributed by atoms with van der Waals surface area (Å²) in [5, 5.41) is 8.52. The molecule has 2 aromatic carbocycles. The zero-order valence-corrected chi connectivity index (χ0v) is 15.7. The van der Waals surface area contributed by atoms with Crippen LogP contribution in [0.15, 0.2) is 59.8 Å². The molecule has 0 unspecified atom stereocenters. The Balaban J connectivity index is 1.64. The number of carbonyl (C=O) groups excluding carboxylic acids is 1. The van der Waals surface area contributed by atoms with Gasteiger partial charge in [0, 0.05) is 18.7 Å². The SMILES string of the molecule is CCN(Cc1ccccc1)C(=O)CSc1nnc(-c2ccc(F)cc2)n1N. The first-order valence-corrected chi connectivity index (χ1v) is 9.48. The van der Waals surface area contributed by atoms with Crippen molar-refractivity contribution in [2.24, 2.45) is 0 Å². The lowest BCUT2D eigenvalue weighted by Gasteiger charge is -2.20. The number of aromatic nitrogens is 3. The molecular formula is C19H20FN5OS. The van der Waals surface area contributed by atoms with E-state index in [2.05, 4.69) is 10.2 Å². The molecule has 0 radical (unpaired) electrons. The van der Waals surface area contributed by atoms with Gasteiger partial charge in [-0.1, -0.05) is 42.1 Å². The number of hydrogen-bond acceptors (Lipinski definition) is 5. The number of benzene rings is 2. The average molecular weight is 385 g/mol. The second-order valence-corrected chi connectivity index (χ2v) is 6.81. The van der Waals surface area contributed by atoms with Crippen LogP contribution in [-0.2, 0) is 11.3 Å². The Morgan fingerprint density at radius 2 is 1.85 bits per heavy atom. The molecule has 0 bridgehead atoms. The maximum absolute atomic E-state index is 13.1. The number of amides is 1. The van der Waals surface area contributed by atoms with Gasteiger partial charge in [-0.05, 0) is 36.8 Å². The third-order valence-electron chi connectivity index (χ3n) is 4.04. The molecule has 1 aromatic heterocycles. The van der Waals surface area contributed by atoms with E-state index in [9.17, 15) is 9.18 Å². The van der Waals surface area contributed by atoms with Crippen LogP contribution < -0.4 is 5.84 Å². The first kappa shape index (κ1) is 18.9. The van der Waals surface area contributed by atoms with Gasteiger partial charge in [-0.15, -0.1) is 10.2 Å². The number of nitrogens with two attached hydrogens (primary N) is 1. The van der Waals surface area contributed by atoms with E-state index in [1.165, 1.54) is 28.6 Å². The maximum Gasteiger partial charge on any atom is 0.233 e. The normalized spacial score (nSPS) is 10.7. The summed E-state index contributed by atoms with van der Waals surface area (Å²) < 4.78 is 14.4. The molecule has 1 amide bonds. The number of nitrogens with zero attached hydrogens (tertiary/aromatic N) is 4. The van der Waals surface area contributed by atoms with Crippen LogP contribution in [0.2, 0.25) is 0 Å². The molecule has 27 heavy (non-hydrogen) atoms. The molecule has 3 aromatic rings. The largest absolute Gasteiger partial charge is 0.338 e. The van der Waals surface area contributed by atoms with Gasteiger partial charge in [0.1, 0.15) is 5.82 Å². The zero-order valence-electron chi connectivity index (χ0n) is 14.9. The Labute approximate surface area is 161 Å². The first-order chi connectivity index (χ1) is 13.1. The predicted octanol–water partition coefficient (Wildman–Crippen LogP) is 2.94. The first-order valence-electron chi connectivity index (χ1n) is 8.49. The van der Waals surface area contributed by atoms with E-state index < -0.39 is 0 Å². The Hall–Kier alpha value is -2.87. The summed E-state index contributed by atoms with van der Waals surface area (Å²) in [4.78, 5) is 14.3. The topological polar surface area (TPSA) is 77.0 Å². The van der Waals surface area contributed by atoms with Crippen molar-refractivity contribution in [1.82, 2.24) is 19.8 Å². The van der Waals surface area contributed by atoms with Crippen LogP contribution in [0.3, 0.4) is 0 Å². The van der Waals surface area contributed by atoms with Gasteiger partial charge in [0.15, 0.2) is 5.82 Å². The minimum Gasteiger partial charge on any atom is -0.338 e. The smallest absolute Gasteiger partial charge is 0.233 e. The molecule has 2 N–H and O–H groups in total. The molecule has 0 fully saturated rings. The molecule has 0 aliphatic carbocycles. The summed E-state index contributed by atoms with van der Waals surface area (Å²) in [7, 11) is 0. The van der Waals surface area contributed by atoms with Crippen molar-refractivity contribution in [1.29, 1.82) is 0 Å². The lowest BCUT2D eigenvalue weighted by atomic mass is 10.2. The molecule has 0 aliphatic heterocycles. The summed E-state index contributed by atoms with van der Waals surface area (Å²) in [5.74, 6) is 6.33. The van der Waals surface area contributed by atoms with Gasteiger partial charge < -0.3 is 10.7 Å². The van der Waals surface area contributed by atoms with Crippen molar-refractivity contribution in [3.63, 3.8) is 0 Å². The minimum atomic E-state index is -0.333. The highest BCUT2D eigenvalue weighted by molar-refractivity contribution is 7.99. The molecule has 3 rings (SSSR count).